The van der Waals surface area contributed by atoms with E-state index in [1.165, 1.54) is 0 Å². The quantitative estimate of drug-likeness (QED) is 0.708. The molecule has 2 rings (SSSR count). The molecule has 1 aromatic heterocycles. The predicted octanol–water partition coefficient (Wildman–Crippen LogP) is 0.474. The molecular weight excluding hydrogens is 166 g/mol. The highest BCUT2D eigenvalue weighted by Crippen LogP contribution is 2.12. The average molecular weight is 179 g/mol. The number of nitrogens with one attached hydrogen (secondary N) is 2. The highest BCUT2D eigenvalue weighted by molar-refractivity contribution is 5.39. The first kappa shape index (κ1) is 8.31. The lowest BCUT2D eigenvalue weighted by atomic mass is 10.2. The van der Waals surface area contributed by atoms with Crippen molar-refractivity contribution in [1.29, 1.82) is 0 Å². The molecule has 1 fully saturated rings. The molecule has 0 aromatic carbocycles. The average Bonchev–Trinajstić information content (AvgIpc) is 2.12. The van der Waals surface area contributed by atoms with E-state index < -0.39 is 0 Å². The smallest absolute Gasteiger partial charge is 0.137 e. The summed E-state index contributed by atoms with van der Waals surface area (Å²) in [4.78, 5) is 4.21. The lowest BCUT2D eigenvalue weighted by molar-refractivity contribution is 0.413. The van der Waals surface area contributed by atoms with Crippen LogP contribution >= 0.6 is 0 Å². The van der Waals surface area contributed by atoms with Crippen LogP contribution in [0.15, 0.2) is 18.3 Å². The van der Waals surface area contributed by atoms with Gasteiger partial charge in [0, 0.05) is 13.1 Å². The number of aromatic nitrogens is 1. The number of anilines is 1. The molecule has 2 N–H and O–H groups in total. The van der Waals surface area contributed by atoms with E-state index in [1.807, 2.05) is 12.1 Å². The molecule has 1 aliphatic heterocycles. The Balaban J connectivity index is 1.96. The summed E-state index contributed by atoms with van der Waals surface area (Å²) in [7, 11) is 1.64. The van der Waals surface area contributed by atoms with Crippen molar-refractivity contribution in [3.8, 4) is 5.75 Å². The standard InChI is InChI=1S/C9H13N3O/c1-13-8-2-3-9(11-6-8)12-7-4-10-5-7/h2-3,6-7,10H,4-5H2,1H3,(H,11,12). The van der Waals surface area contributed by atoms with Crippen LogP contribution < -0.4 is 15.4 Å². The maximum absolute atomic E-state index is 5.01. The summed E-state index contributed by atoms with van der Waals surface area (Å²) in [5.74, 6) is 1.70. The van der Waals surface area contributed by atoms with E-state index in [-0.39, 0.29) is 0 Å². The van der Waals surface area contributed by atoms with Crippen molar-refractivity contribution < 1.29 is 4.74 Å². The Morgan fingerprint density at radius 1 is 1.54 bits per heavy atom. The maximum Gasteiger partial charge on any atom is 0.137 e. The van der Waals surface area contributed by atoms with Crippen LogP contribution in [0.1, 0.15) is 0 Å². The molecule has 4 heteroatoms. The number of rotatable bonds is 3. The van der Waals surface area contributed by atoms with Crippen LogP contribution in [0.4, 0.5) is 5.82 Å². The number of nitrogens with zero attached hydrogens (tertiary/aromatic N) is 1. The van der Waals surface area contributed by atoms with Crippen LogP contribution in [0.2, 0.25) is 0 Å². The molecular formula is C9H13N3O. The topological polar surface area (TPSA) is 46.2 Å². The number of methoxy groups -OCH3 is 1. The Bertz CT molecular complexity index is 269. The molecule has 4 nitrogen and oxygen atoms in total. The Labute approximate surface area is 77.3 Å². The van der Waals surface area contributed by atoms with Gasteiger partial charge < -0.3 is 15.4 Å². The number of hydrogen-bond donors (Lipinski definition) is 2. The molecule has 0 aliphatic carbocycles. The van der Waals surface area contributed by atoms with E-state index in [1.54, 1.807) is 13.3 Å². The Kier molecular flexibility index (Phi) is 2.31. The number of hydrogen-bond acceptors (Lipinski definition) is 4. The first-order chi connectivity index (χ1) is 6.38. The van der Waals surface area contributed by atoms with Crippen molar-refractivity contribution >= 4 is 5.82 Å². The van der Waals surface area contributed by atoms with Gasteiger partial charge in [0.25, 0.3) is 0 Å². The van der Waals surface area contributed by atoms with Crippen molar-refractivity contribution in [1.82, 2.24) is 10.3 Å². The van der Waals surface area contributed by atoms with Crippen molar-refractivity contribution in [3.05, 3.63) is 18.3 Å². The van der Waals surface area contributed by atoms with Crippen LogP contribution in [-0.2, 0) is 0 Å². The van der Waals surface area contributed by atoms with Crippen LogP contribution in [0, 0.1) is 0 Å². The second-order valence-electron chi connectivity index (χ2n) is 3.08. The minimum atomic E-state index is 0.529. The lowest BCUT2D eigenvalue weighted by Gasteiger charge is -2.28. The second-order valence-corrected chi connectivity index (χ2v) is 3.08. The van der Waals surface area contributed by atoms with Crippen molar-refractivity contribution in [3.63, 3.8) is 0 Å². The zero-order chi connectivity index (χ0) is 9.10. The Morgan fingerprint density at radius 2 is 2.38 bits per heavy atom. The number of pyridine rings is 1. The van der Waals surface area contributed by atoms with E-state index in [0.29, 0.717) is 6.04 Å². The monoisotopic (exact) mass is 179 g/mol. The van der Waals surface area contributed by atoms with Crippen molar-refractivity contribution in [2.24, 2.45) is 0 Å². The second kappa shape index (κ2) is 3.62. The Morgan fingerprint density at radius 3 is 2.85 bits per heavy atom. The molecule has 70 valence electrons. The molecule has 0 unspecified atom stereocenters. The molecule has 0 saturated carbocycles. The molecule has 0 radical (unpaired) electrons. The molecule has 1 aromatic rings. The SMILES string of the molecule is COc1ccc(NC2CNC2)nc1. The van der Waals surface area contributed by atoms with Gasteiger partial charge in [0.2, 0.25) is 0 Å². The van der Waals surface area contributed by atoms with Gasteiger partial charge in [0.15, 0.2) is 0 Å². The first-order valence-electron chi connectivity index (χ1n) is 4.36. The summed E-state index contributed by atoms with van der Waals surface area (Å²) < 4.78 is 5.01. The molecule has 1 aliphatic rings. The number of ether oxygens (including phenoxy) is 1. The lowest BCUT2D eigenvalue weighted by Crippen LogP contribution is -2.51. The van der Waals surface area contributed by atoms with E-state index in [2.05, 4.69) is 15.6 Å². The van der Waals surface area contributed by atoms with Gasteiger partial charge in [-0.2, -0.15) is 0 Å². The summed E-state index contributed by atoms with van der Waals surface area (Å²) in [6.07, 6.45) is 1.72. The predicted molar refractivity (Wildman–Crippen MR) is 51.1 cm³/mol. The van der Waals surface area contributed by atoms with Crippen molar-refractivity contribution in [2.45, 2.75) is 6.04 Å². The minimum Gasteiger partial charge on any atom is -0.495 e. The highest BCUT2D eigenvalue weighted by atomic mass is 16.5. The van der Waals surface area contributed by atoms with Crippen LogP contribution in [0.25, 0.3) is 0 Å². The summed E-state index contributed by atoms with van der Waals surface area (Å²) >= 11 is 0. The van der Waals surface area contributed by atoms with Crippen molar-refractivity contribution in [2.75, 3.05) is 25.5 Å². The fourth-order valence-electron chi connectivity index (χ4n) is 1.19. The van der Waals surface area contributed by atoms with Gasteiger partial charge in [-0.3, -0.25) is 0 Å². The van der Waals surface area contributed by atoms with E-state index in [9.17, 15) is 0 Å². The zero-order valence-corrected chi connectivity index (χ0v) is 7.58. The van der Waals surface area contributed by atoms with E-state index >= 15 is 0 Å². The van der Waals surface area contributed by atoms with Gasteiger partial charge in [0.1, 0.15) is 11.6 Å². The largest absolute Gasteiger partial charge is 0.495 e. The Hall–Kier alpha value is -1.29. The molecule has 2 heterocycles. The normalized spacial score (nSPS) is 16.4. The minimum absolute atomic E-state index is 0.529. The summed E-state index contributed by atoms with van der Waals surface area (Å²) in [6.45, 7) is 2.04. The molecule has 0 atom stereocenters. The summed E-state index contributed by atoms with van der Waals surface area (Å²) in [5, 5.41) is 6.49. The summed E-state index contributed by atoms with van der Waals surface area (Å²) in [5.41, 5.74) is 0. The van der Waals surface area contributed by atoms with E-state index in [4.69, 9.17) is 4.74 Å². The maximum atomic E-state index is 5.01. The fourth-order valence-corrected chi connectivity index (χ4v) is 1.19. The van der Waals surface area contributed by atoms with Gasteiger partial charge >= 0.3 is 0 Å². The molecule has 0 amide bonds. The molecule has 0 bridgehead atoms. The third-order valence-electron chi connectivity index (χ3n) is 2.11. The zero-order valence-electron chi connectivity index (χ0n) is 7.58. The fraction of sp³-hybridized carbons (Fsp3) is 0.444. The third kappa shape index (κ3) is 1.89. The van der Waals surface area contributed by atoms with Gasteiger partial charge in [-0.25, -0.2) is 4.98 Å². The van der Waals surface area contributed by atoms with Gasteiger partial charge in [0.05, 0.1) is 19.3 Å². The van der Waals surface area contributed by atoms with Crippen LogP contribution in [0.3, 0.4) is 0 Å². The highest BCUT2D eigenvalue weighted by Gasteiger charge is 2.15. The molecule has 0 spiro atoms. The summed E-state index contributed by atoms with van der Waals surface area (Å²) in [6, 6.07) is 4.36. The van der Waals surface area contributed by atoms with Crippen LogP contribution in [0.5, 0.6) is 5.75 Å². The van der Waals surface area contributed by atoms with Gasteiger partial charge in [-0.05, 0) is 12.1 Å². The van der Waals surface area contributed by atoms with E-state index in [0.717, 1.165) is 24.7 Å². The van der Waals surface area contributed by atoms with Crippen LogP contribution in [-0.4, -0.2) is 31.2 Å². The molecule has 13 heavy (non-hydrogen) atoms. The third-order valence-corrected chi connectivity index (χ3v) is 2.11. The van der Waals surface area contributed by atoms with Gasteiger partial charge in [-0.1, -0.05) is 0 Å². The molecule has 1 saturated heterocycles. The first-order valence-corrected chi connectivity index (χ1v) is 4.36. The van der Waals surface area contributed by atoms with Gasteiger partial charge in [-0.15, -0.1) is 0 Å².